The first-order chi connectivity index (χ1) is 11.5. The van der Waals surface area contributed by atoms with E-state index in [-0.39, 0.29) is 0 Å². The topological polar surface area (TPSA) is 18.5 Å². The van der Waals surface area contributed by atoms with Gasteiger partial charge in [-0.3, -0.25) is 0 Å². The van der Waals surface area contributed by atoms with E-state index in [0.717, 1.165) is 34.9 Å². The monoisotopic (exact) mass is 403 g/mol. The van der Waals surface area contributed by atoms with E-state index in [1.165, 1.54) is 11.3 Å². The number of nitrogens with one attached hydrogen (secondary N) is 1. The molecule has 3 rings (SSSR count). The van der Waals surface area contributed by atoms with Gasteiger partial charge in [0.25, 0.3) is 0 Å². The molecule has 0 amide bonds. The van der Waals surface area contributed by atoms with Gasteiger partial charge in [-0.1, -0.05) is 33.6 Å². The summed E-state index contributed by atoms with van der Waals surface area (Å²) in [6, 6.07) is 17.3. The van der Waals surface area contributed by atoms with Gasteiger partial charge in [-0.15, -0.1) is 0 Å². The summed E-state index contributed by atoms with van der Waals surface area (Å²) in [4.78, 5) is 4.71. The fraction of sp³-hybridized carbons (Fsp3) is 0.316. The standard InChI is InChI=1S/C19H22BrN3S/c1-14-3-9-18(10-4-14)23-12-11-22(13-15(23)2)19(24)21-17-7-5-16(20)6-8-17/h3-10,15H,11-13H2,1-2H3,(H,21,24). The fourth-order valence-electron chi connectivity index (χ4n) is 3.00. The lowest BCUT2D eigenvalue weighted by atomic mass is 10.1. The van der Waals surface area contributed by atoms with Crippen LogP contribution in [0.5, 0.6) is 0 Å². The zero-order valence-corrected chi connectivity index (χ0v) is 16.4. The molecule has 2 aromatic carbocycles. The molecule has 0 radical (unpaired) electrons. The Hall–Kier alpha value is -1.59. The van der Waals surface area contributed by atoms with Crippen LogP contribution in [0.4, 0.5) is 11.4 Å². The van der Waals surface area contributed by atoms with Crippen molar-refractivity contribution in [3.63, 3.8) is 0 Å². The molecule has 3 nitrogen and oxygen atoms in total. The summed E-state index contributed by atoms with van der Waals surface area (Å²) >= 11 is 9.05. The van der Waals surface area contributed by atoms with Gasteiger partial charge in [-0.2, -0.15) is 0 Å². The van der Waals surface area contributed by atoms with Crippen molar-refractivity contribution in [2.75, 3.05) is 29.9 Å². The third-order valence-electron chi connectivity index (χ3n) is 4.38. The predicted molar refractivity (Wildman–Crippen MR) is 110 cm³/mol. The van der Waals surface area contributed by atoms with E-state index in [9.17, 15) is 0 Å². The summed E-state index contributed by atoms with van der Waals surface area (Å²) in [7, 11) is 0. The molecule has 0 aliphatic carbocycles. The summed E-state index contributed by atoms with van der Waals surface area (Å²) in [5.74, 6) is 0. The van der Waals surface area contributed by atoms with Crippen molar-refractivity contribution < 1.29 is 0 Å². The van der Waals surface area contributed by atoms with E-state index < -0.39 is 0 Å². The molecule has 0 spiro atoms. The van der Waals surface area contributed by atoms with Crippen molar-refractivity contribution in [1.82, 2.24) is 4.90 Å². The van der Waals surface area contributed by atoms with Crippen molar-refractivity contribution in [1.29, 1.82) is 0 Å². The highest BCUT2D eigenvalue weighted by Crippen LogP contribution is 2.22. The molecule has 1 saturated heterocycles. The predicted octanol–water partition coefficient (Wildman–Crippen LogP) is 4.67. The molecule has 0 bridgehead atoms. The van der Waals surface area contributed by atoms with Crippen LogP contribution >= 0.6 is 28.1 Å². The van der Waals surface area contributed by atoms with Crippen molar-refractivity contribution in [2.24, 2.45) is 0 Å². The van der Waals surface area contributed by atoms with Crippen LogP contribution in [0, 0.1) is 6.92 Å². The van der Waals surface area contributed by atoms with Crippen LogP contribution < -0.4 is 10.2 Å². The maximum absolute atomic E-state index is 5.60. The smallest absolute Gasteiger partial charge is 0.173 e. The highest BCUT2D eigenvalue weighted by Gasteiger charge is 2.25. The number of nitrogens with zero attached hydrogens (tertiary/aromatic N) is 2. The molecule has 1 heterocycles. The second kappa shape index (κ2) is 7.53. The van der Waals surface area contributed by atoms with Crippen molar-refractivity contribution >= 4 is 44.6 Å². The number of rotatable bonds is 2. The Morgan fingerprint density at radius 3 is 2.38 bits per heavy atom. The molecule has 5 heteroatoms. The minimum atomic E-state index is 0.422. The highest BCUT2D eigenvalue weighted by atomic mass is 79.9. The summed E-state index contributed by atoms with van der Waals surface area (Å²) in [6.07, 6.45) is 0. The van der Waals surface area contributed by atoms with Crippen LogP contribution in [0.25, 0.3) is 0 Å². The quantitative estimate of drug-likeness (QED) is 0.734. The second-order valence-corrected chi connectivity index (χ2v) is 7.56. The van der Waals surface area contributed by atoms with Gasteiger partial charge in [0.05, 0.1) is 0 Å². The molecule has 1 N–H and O–H groups in total. The summed E-state index contributed by atoms with van der Waals surface area (Å²) in [5.41, 5.74) is 3.61. The van der Waals surface area contributed by atoms with Crippen molar-refractivity contribution in [2.45, 2.75) is 19.9 Å². The summed E-state index contributed by atoms with van der Waals surface area (Å²) in [5, 5.41) is 4.14. The molecule has 126 valence electrons. The average molecular weight is 404 g/mol. The molecular formula is C19H22BrN3S. The van der Waals surface area contributed by atoms with Gasteiger partial charge < -0.3 is 15.1 Å². The minimum Gasteiger partial charge on any atom is -0.365 e. The van der Waals surface area contributed by atoms with Crippen LogP contribution in [-0.4, -0.2) is 35.7 Å². The lowest BCUT2D eigenvalue weighted by Gasteiger charge is -2.42. The maximum Gasteiger partial charge on any atom is 0.173 e. The first kappa shape index (κ1) is 17.2. The normalized spacial score (nSPS) is 17.7. The maximum atomic E-state index is 5.60. The second-order valence-electron chi connectivity index (χ2n) is 6.26. The largest absolute Gasteiger partial charge is 0.365 e. The molecule has 1 aliphatic heterocycles. The Labute approximate surface area is 157 Å². The molecule has 24 heavy (non-hydrogen) atoms. The number of aryl methyl sites for hydroxylation is 1. The number of hydrogen-bond donors (Lipinski definition) is 1. The van der Waals surface area contributed by atoms with Crippen molar-refractivity contribution in [3.8, 4) is 0 Å². The van der Waals surface area contributed by atoms with Gasteiger partial charge in [0, 0.05) is 41.5 Å². The van der Waals surface area contributed by atoms with Gasteiger partial charge in [-0.25, -0.2) is 0 Å². The van der Waals surface area contributed by atoms with Crippen molar-refractivity contribution in [3.05, 3.63) is 58.6 Å². The van der Waals surface area contributed by atoms with Gasteiger partial charge >= 0.3 is 0 Å². The first-order valence-electron chi connectivity index (χ1n) is 8.18. The van der Waals surface area contributed by atoms with E-state index in [2.05, 4.69) is 69.2 Å². The Bertz CT molecular complexity index is 700. The molecule has 1 aliphatic rings. The van der Waals surface area contributed by atoms with E-state index in [1.54, 1.807) is 0 Å². The molecule has 1 atom stereocenters. The Morgan fingerprint density at radius 2 is 1.75 bits per heavy atom. The number of thiocarbonyl (C=S) groups is 1. The minimum absolute atomic E-state index is 0.422. The van der Waals surface area contributed by atoms with Crippen LogP contribution in [0.15, 0.2) is 53.0 Å². The average Bonchev–Trinajstić information content (AvgIpc) is 2.58. The lowest BCUT2D eigenvalue weighted by molar-refractivity contribution is 0.342. The van der Waals surface area contributed by atoms with Gasteiger partial charge in [0.15, 0.2) is 5.11 Å². The lowest BCUT2D eigenvalue weighted by Crippen LogP contribution is -2.54. The molecule has 0 saturated carbocycles. The number of anilines is 2. The van der Waals surface area contributed by atoms with Crippen LogP contribution in [0.2, 0.25) is 0 Å². The third kappa shape index (κ3) is 4.08. The SMILES string of the molecule is Cc1ccc(N2CCN(C(=S)Nc3ccc(Br)cc3)CC2C)cc1. The number of piperazine rings is 1. The van der Waals surface area contributed by atoms with E-state index in [0.29, 0.717) is 6.04 Å². The molecule has 2 aromatic rings. The summed E-state index contributed by atoms with van der Waals surface area (Å²) < 4.78 is 1.07. The molecule has 1 fully saturated rings. The molecule has 0 aromatic heterocycles. The van der Waals surface area contributed by atoms with Gasteiger partial charge in [-0.05, 0) is 62.5 Å². The highest BCUT2D eigenvalue weighted by molar-refractivity contribution is 9.10. The first-order valence-corrected chi connectivity index (χ1v) is 9.38. The number of benzene rings is 2. The van der Waals surface area contributed by atoms with E-state index in [1.807, 2.05) is 24.3 Å². The Balaban J connectivity index is 1.61. The number of halogens is 1. The van der Waals surface area contributed by atoms with Gasteiger partial charge in [0.1, 0.15) is 0 Å². The van der Waals surface area contributed by atoms with E-state index in [4.69, 9.17) is 12.2 Å². The van der Waals surface area contributed by atoms with Gasteiger partial charge in [0.2, 0.25) is 0 Å². The zero-order valence-electron chi connectivity index (χ0n) is 14.0. The molecular weight excluding hydrogens is 382 g/mol. The van der Waals surface area contributed by atoms with Crippen LogP contribution in [-0.2, 0) is 0 Å². The third-order valence-corrected chi connectivity index (χ3v) is 5.26. The summed E-state index contributed by atoms with van der Waals surface area (Å²) in [6.45, 7) is 7.22. The van der Waals surface area contributed by atoms with Crippen LogP contribution in [0.1, 0.15) is 12.5 Å². The fourth-order valence-corrected chi connectivity index (χ4v) is 3.55. The molecule has 1 unspecified atom stereocenters. The van der Waals surface area contributed by atoms with E-state index >= 15 is 0 Å². The Kier molecular flexibility index (Phi) is 5.41. The zero-order chi connectivity index (χ0) is 17.1. The Morgan fingerprint density at radius 1 is 1.08 bits per heavy atom. The number of hydrogen-bond acceptors (Lipinski definition) is 2. The van der Waals surface area contributed by atoms with Crippen LogP contribution in [0.3, 0.4) is 0 Å².